The third-order valence-corrected chi connectivity index (χ3v) is 5.90. The normalized spacial score (nSPS) is 10.6. The van der Waals surface area contributed by atoms with E-state index in [4.69, 9.17) is 14.2 Å². The quantitative estimate of drug-likeness (QED) is 0.273. The van der Waals surface area contributed by atoms with Crippen molar-refractivity contribution in [2.24, 2.45) is 0 Å². The Morgan fingerprint density at radius 1 is 0.848 bits per heavy atom. The predicted octanol–water partition coefficient (Wildman–Crippen LogP) is 5.14. The Labute approximate surface area is 196 Å². The number of aromatic amines is 1. The maximum absolute atomic E-state index is 12.6. The first-order valence-corrected chi connectivity index (χ1v) is 11.2. The van der Waals surface area contributed by atoms with Crippen molar-refractivity contribution in [1.82, 2.24) is 15.2 Å². The molecule has 7 nitrogen and oxygen atoms in total. The van der Waals surface area contributed by atoms with Gasteiger partial charge in [0.25, 0.3) is 0 Å². The van der Waals surface area contributed by atoms with Gasteiger partial charge in [0.2, 0.25) is 10.9 Å². The fourth-order valence-electron chi connectivity index (χ4n) is 3.35. The van der Waals surface area contributed by atoms with Gasteiger partial charge in [-0.2, -0.15) is 0 Å². The molecule has 8 heteroatoms. The summed E-state index contributed by atoms with van der Waals surface area (Å²) in [5.74, 6) is 2.33. The van der Waals surface area contributed by atoms with E-state index in [-0.39, 0.29) is 11.5 Å². The van der Waals surface area contributed by atoms with Crippen molar-refractivity contribution in [3.05, 3.63) is 72.3 Å². The van der Waals surface area contributed by atoms with Gasteiger partial charge in [-0.05, 0) is 23.3 Å². The van der Waals surface area contributed by atoms with E-state index in [1.807, 2.05) is 54.6 Å². The number of benzene rings is 3. The van der Waals surface area contributed by atoms with Gasteiger partial charge in [-0.15, -0.1) is 5.10 Å². The van der Waals surface area contributed by atoms with Crippen LogP contribution < -0.4 is 14.2 Å². The largest absolute Gasteiger partial charge is 0.493 e. The number of hydrogen-bond acceptors (Lipinski definition) is 7. The predicted molar refractivity (Wildman–Crippen MR) is 128 cm³/mol. The lowest BCUT2D eigenvalue weighted by Gasteiger charge is -2.13. The molecule has 1 aromatic heterocycles. The molecule has 0 spiro atoms. The smallest absolute Gasteiger partial charge is 0.209 e. The molecule has 168 valence electrons. The molecule has 0 unspecified atom stereocenters. The zero-order chi connectivity index (χ0) is 23.2. The fraction of sp³-hybridized carbons (Fsp3) is 0.160. The number of hydrogen-bond donors (Lipinski definition) is 1. The summed E-state index contributed by atoms with van der Waals surface area (Å²) >= 11 is 1.28. The molecule has 0 atom stereocenters. The second-order valence-corrected chi connectivity index (χ2v) is 7.98. The van der Waals surface area contributed by atoms with E-state index in [1.165, 1.54) is 11.8 Å². The second-order valence-electron chi connectivity index (χ2n) is 7.04. The maximum Gasteiger partial charge on any atom is 0.209 e. The molecular weight excluding hydrogens is 438 g/mol. The molecule has 0 radical (unpaired) electrons. The van der Waals surface area contributed by atoms with Crippen LogP contribution in [0.3, 0.4) is 0 Å². The number of methoxy groups -OCH3 is 3. The highest BCUT2D eigenvalue weighted by Gasteiger charge is 2.17. The first-order chi connectivity index (χ1) is 16.1. The highest BCUT2D eigenvalue weighted by atomic mass is 32.2. The molecular formula is C25H23N3O4S. The van der Waals surface area contributed by atoms with Gasteiger partial charge < -0.3 is 14.2 Å². The summed E-state index contributed by atoms with van der Waals surface area (Å²) in [5, 5.41) is 7.61. The molecule has 0 aliphatic carbocycles. The minimum Gasteiger partial charge on any atom is -0.493 e. The lowest BCUT2D eigenvalue weighted by molar-refractivity contribution is 0.102. The molecule has 4 rings (SSSR count). The van der Waals surface area contributed by atoms with Crippen LogP contribution in [0, 0.1) is 0 Å². The van der Waals surface area contributed by atoms with Gasteiger partial charge in [-0.1, -0.05) is 66.4 Å². The minimum atomic E-state index is 0.0127. The Bertz CT molecular complexity index is 1220. The highest BCUT2D eigenvalue weighted by molar-refractivity contribution is 7.99. The number of rotatable bonds is 9. The number of nitrogens with zero attached hydrogens (tertiary/aromatic N) is 2. The van der Waals surface area contributed by atoms with E-state index in [1.54, 1.807) is 33.5 Å². The molecule has 0 fully saturated rings. The average molecular weight is 462 g/mol. The van der Waals surface area contributed by atoms with Crippen molar-refractivity contribution in [2.75, 3.05) is 27.1 Å². The molecule has 0 aliphatic heterocycles. The zero-order valence-electron chi connectivity index (χ0n) is 18.5. The number of H-pyrrole nitrogens is 1. The van der Waals surface area contributed by atoms with Crippen molar-refractivity contribution in [3.63, 3.8) is 0 Å². The minimum absolute atomic E-state index is 0.0127. The number of thioether (sulfide) groups is 1. The number of carbonyl (C=O) groups is 1. The molecule has 0 bridgehead atoms. The molecule has 4 aromatic rings. The van der Waals surface area contributed by atoms with Gasteiger partial charge in [-0.3, -0.25) is 9.89 Å². The van der Waals surface area contributed by atoms with Crippen LogP contribution >= 0.6 is 11.8 Å². The summed E-state index contributed by atoms with van der Waals surface area (Å²) in [5.41, 5.74) is 3.57. The van der Waals surface area contributed by atoms with Crippen molar-refractivity contribution < 1.29 is 19.0 Å². The highest BCUT2D eigenvalue weighted by Crippen LogP contribution is 2.40. The topological polar surface area (TPSA) is 86.3 Å². The van der Waals surface area contributed by atoms with E-state index in [0.29, 0.717) is 33.8 Å². The van der Waals surface area contributed by atoms with Crippen LogP contribution in [0.25, 0.3) is 22.5 Å². The van der Waals surface area contributed by atoms with Gasteiger partial charge in [0.05, 0.1) is 27.1 Å². The molecule has 3 aromatic carbocycles. The molecule has 0 amide bonds. The van der Waals surface area contributed by atoms with E-state index in [9.17, 15) is 4.79 Å². The standard InChI is InChI=1S/C25H23N3O4S/c1-30-21-13-19(14-22(31-2)23(21)32-3)24-26-25(28-27-24)33-15-20(29)18-11-9-17(10-12-18)16-7-5-4-6-8-16/h4-14H,15H2,1-3H3,(H,26,27,28). The first-order valence-electron chi connectivity index (χ1n) is 10.2. The Balaban J connectivity index is 1.44. The van der Waals surface area contributed by atoms with Gasteiger partial charge >= 0.3 is 0 Å². The summed E-state index contributed by atoms with van der Waals surface area (Å²) < 4.78 is 16.1. The lowest BCUT2D eigenvalue weighted by atomic mass is 10.0. The summed E-state index contributed by atoms with van der Waals surface area (Å²) in [7, 11) is 4.66. The monoisotopic (exact) mass is 461 g/mol. The number of carbonyl (C=O) groups excluding carboxylic acids is 1. The van der Waals surface area contributed by atoms with Crippen molar-refractivity contribution in [3.8, 4) is 39.8 Å². The Morgan fingerprint density at radius 3 is 2.09 bits per heavy atom. The lowest BCUT2D eigenvalue weighted by Crippen LogP contribution is -2.02. The third-order valence-electron chi connectivity index (χ3n) is 5.05. The molecule has 1 N–H and O–H groups in total. The van der Waals surface area contributed by atoms with Gasteiger partial charge in [0, 0.05) is 11.1 Å². The van der Waals surface area contributed by atoms with Crippen LogP contribution in [0.15, 0.2) is 71.9 Å². The van der Waals surface area contributed by atoms with Crippen LogP contribution in [-0.4, -0.2) is 48.0 Å². The van der Waals surface area contributed by atoms with Crippen LogP contribution in [0.4, 0.5) is 0 Å². The number of ether oxygens (including phenoxy) is 3. The molecule has 0 saturated heterocycles. The van der Waals surface area contributed by atoms with Gasteiger partial charge in [-0.25, -0.2) is 4.98 Å². The van der Waals surface area contributed by atoms with E-state index in [0.717, 1.165) is 16.7 Å². The van der Waals surface area contributed by atoms with E-state index < -0.39 is 0 Å². The summed E-state index contributed by atoms with van der Waals surface area (Å²) in [6.45, 7) is 0. The third kappa shape index (κ3) is 5.01. The van der Waals surface area contributed by atoms with Crippen LogP contribution in [0.2, 0.25) is 0 Å². The number of aromatic nitrogens is 3. The van der Waals surface area contributed by atoms with Crippen LogP contribution in [0.5, 0.6) is 17.2 Å². The van der Waals surface area contributed by atoms with E-state index >= 15 is 0 Å². The first kappa shape index (κ1) is 22.4. The summed E-state index contributed by atoms with van der Waals surface area (Å²) in [6, 6.07) is 21.3. The molecule has 0 aliphatic rings. The number of ketones is 1. The van der Waals surface area contributed by atoms with Crippen molar-refractivity contribution in [2.45, 2.75) is 5.16 Å². The molecule has 33 heavy (non-hydrogen) atoms. The van der Waals surface area contributed by atoms with Crippen molar-refractivity contribution in [1.29, 1.82) is 0 Å². The van der Waals surface area contributed by atoms with Gasteiger partial charge in [0.15, 0.2) is 23.1 Å². The van der Waals surface area contributed by atoms with Crippen LogP contribution in [0.1, 0.15) is 10.4 Å². The van der Waals surface area contributed by atoms with Crippen molar-refractivity contribution >= 4 is 17.5 Å². The average Bonchev–Trinajstić information content (AvgIpc) is 3.36. The Morgan fingerprint density at radius 2 is 1.48 bits per heavy atom. The molecule has 1 heterocycles. The molecule has 0 saturated carbocycles. The second kappa shape index (κ2) is 10.2. The van der Waals surface area contributed by atoms with Gasteiger partial charge in [0.1, 0.15) is 0 Å². The van der Waals surface area contributed by atoms with Crippen LogP contribution in [-0.2, 0) is 0 Å². The maximum atomic E-state index is 12.6. The summed E-state index contributed by atoms with van der Waals surface area (Å²) in [6.07, 6.45) is 0. The Kier molecular flexibility index (Phi) is 6.95. The number of nitrogens with one attached hydrogen (secondary N) is 1. The SMILES string of the molecule is COc1cc(-c2nc(SCC(=O)c3ccc(-c4ccccc4)cc3)n[nH]2)cc(OC)c1OC. The zero-order valence-corrected chi connectivity index (χ0v) is 19.3. The number of Topliss-reactive ketones (excluding diaryl/α,β-unsaturated/α-hetero) is 1. The summed E-state index contributed by atoms with van der Waals surface area (Å²) in [4.78, 5) is 17.1. The Hall–Kier alpha value is -3.78. The van der Waals surface area contributed by atoms with E-state index in [2.05, 4.69) is 15.2 Å². The fourth-order valence-corrected chi connectivity index (χ4v) is 4.04.